The van der Waals surface area contributed by atoms with Crippen molar-refractivity contribution in [3.8, 4) is 5.75 Å². The smallest absolute Gasteiger partial charge is 0.203 e. The van der Waals surface area contributed by atoms with Crippen LogP contribution in [0.15, 0.2) is 23.0 Å². The number of carbonyl (C=O) groups is 4. The maximum absolute atomic E-state index is 14.5. The molecule has 8 heteroatoms. The van der Waals surface area contributed by atoms with Crippen LogP contribution < -0.4 is 0 Å². The highest BCUT2D eigenvalue weighted by Gasteiger charge is 2.72. The van der Waals surface area contributed by atoms with Gasteiger partial charge in [-0.1, -0.05) is 48.5 Å². The molecule has 42 heavy (non-hydrogen) atoms. The molecule has 1 fully saturated rings. The van der Waals surface area contributed by atoms with E-state index < -0.39 is 62.7 Å². The minimum atomic E-state index is -2.67. The van der Waals surface area contributed by atoms with E-state index in [1.54, 1.807) is 33.8 Å². The zero-order chi connectivity index (χ0) is 31.9. The van der Waals surface area contributed by atoms with Gasteiger partial charge >= 0.3 is 0 Å². The molecule has 0 radical (unpaired) electrons. The second kappa shape index (κ2) is 9.90. The zero-order valence-electron chi connectivity index (χ0n) is 26.2. The zero-order valence-corrected chi connectivity index (χ0v) is 26.2. The van der Waals surface area contributed by atoms with Crippen LogP contribution in [-0.4, -0.2) is 49.2 Å². The van der Waals surface area contributed by atoms with Gasteiger partial charge in [-0.2, -0.15) is 0 Å². The number of aliphatic hydroxyl groups is 3. The van der Waals surface area contributed by atoms with Gasteiger partial charge in [-0.25, -0.2) is 0 Å². The number of fused-ring (bicyclic) bond motifs is 3. The number of aryl methyl sites for hydroxylation is 1. The maximum Gasteiger partial charge on any atom is 0.203 e. The predicted octanol–water partition coefficient (Wildman–Crippen LogP) is 5.76. The van der Waals surface area contributed by atoms with E-state index in [1.807, 2.05) is 0 Å². The second-order valence-corrected chi connectivity index (χ2v) is 14.7. The van der Waals surface area contributed by atoms with Crippen molar-refractivity contribution >= 4 is 28.9 Å². The van der Waals surface area contributed by atoms with Crippen LogP contribution in [0.3, 0.4) is 0 Å². The van der Waals surface area contributed by atoms with Crippen LogP contribution >= 0.6 is 0 Å². The standard InChI is InChI=1S/C34H44O8/c1-16(2)24-27(38)22(18(4)36)29(40)34(42)30(41)25-28(39)23-21(14-32(25,8)15-33(24,34)9)20(17(3)35)13-19(26(23)37)11-10-12-31(5,6)7/h13,16,24,37,39-40,42H,10-12,14-15H2,1-9H3/t24?,32-,33-,34+/m1/s1. The summed E-state index contributed by atoms with van der Waals surface area (Å²) in [4.78, 5) is 53.5. The van der Waals surface area contributed by atoms with Crippen LogP contribution in [0, 0.1) is 28.1 Å². The van der Waals surface area contributed by atoms with Crippen LogP contribution in [0.5, 0.6) is 5.75 Å². The number of phenolic OH excluding ortho intramolecular Hbond substituents is 1. The van der Waals surface area contributed by atoms with Gasteiger partial charge in [0, 0.05) is 27.9 Å². The minimum absolute atomic E-state index is 0.0175. The lowest BCUT2D eigenvalue weighted by Gasteiger charge is -2.59. The third kappa shape index (κ3) is 4.36. The molecule has 4 rings (SSSR count). The summed E-state index contributed by atoms with van der Waals surface area (Å²) in [6.45, 7) is 15.6. The van der Waals surface area contributed by atoms with Crippen molar-refractivity contribution in [2.45, 2.75) is 100 Å². The molecule has 0 aliphatic heterocycles. The average molecular weight is 581 g/mol. The fourth-order valence-electron chi connectivity index (χ4n) is 8.16. The molecule has 8 nitrogen and oxygen atoms in total. The van der Waals surface area contributed by atoms with Crippen molar-refractivity contribution in [3.63, 3.8) is 0 Å². The van der Waals surface area contributed by atoms with E-state index in [0.29, 0.717) is 23.1 Å². The second-order valence-electron chi connectivity index (χ2n) is 14.7. The number of aliphatic hydroxyl groups excluding tert-OH is 2. The monoisotopic (exact) mass is 580 g/mol. The Morgan fingerprint density at radius 3 is 2.14 bits per heavy atom. The normalized spacial score (nSPS) is 29.5. The Bertz CT molecular complexity index is 1490. The fraction of sp³-hybridized carbons (Fsp3) is 0.588. The Morgan fingerprint density at radius 2 is 1.64 bits per heavy atom. The number of rotatable bonds is 6. The van der Waals surface area contributed by atoms with Crippen molar-refractivity contribution in [1.82, 2.24) is 0 Å². The minimum Gasteiger partial charge on any atom is -0.508 e. The van der Waals surface area contributed by atoms with Gasteiger partial charge in [-0.3, -0.25) is 19.2 Å². The molecule has 3 aliphatic rings. The first kappa shape index (κ1) is 31.7. The van der Waals surface area contributed by atoms with E-state index in [4.69, 9.17) is 0 Å². The molecule has 0 saturated heterocycles. The molecule has 1 aromatic rings. The molecule has 1 unspecified atom stereocenters. The molecule has 4 N–H and O–H groups in total. The molecule has 0 aromatic heterocycles. The summed E-state index contributed by atoms with van der Waals surface area (Å²) < 4.78 is 0. The number of aromatic hydroxyl groups is 1. The summed E-state index contributed by atoms with van der Waals surface area (Å²) in [7, 11) is 0. The van der Waals surface area contributed by atoms with Crippen molar-refractivity contribution < 1.29 is 39.6 Å². The molecule has 4 atom stereocenters. The van der Waals surface area contributed by atoms with E-state index >= 15 is 0 Å². The summed E-state index contributed by atoms with van der Waals surface area (Å²) >= 11 is 0. The topological polar surface area (TPSA) is 149 Å². The van der Waals surface area contributed by atoms with Crippen molar-refractivity contribution in [1.29, 1.82) is 0 Å². The Morgan fingerprint density at radius 1 is 1.05 bits per heavy atom. The summed E-state index contributed by atoms with van der Waals surface area (Å²) in [5.74, 6) is -5.86. The summed E-state index contributed by atoms with van der Waals surface area (Å²) in [6.07, 6.45) is 2.07. The number of phenols is 1. The summed E-state index contributed by atoms with van der Waals surface area (Å²) in [6, 6.07) is 1.66. The molecule has 1 aromatic carbocycles. The first-order valence-corrected chi connectivity index (χ1v) is 14.7. The van der Waals surface area contributed by atoms with Gasteiger partial charge in [-0.05, 0) is 74.5 Å². The number of carbonyl (C=O) groups excluding carboxylic acids is 4. The average Bonchev–Trinajstić information content (AvgIpc) is 2.81. The van der Waals surface area contributed by atoms with Crippen LogP contribution in [0.1, 0.15) is 109 Å². The van der Waals surface area contributed by atoms with Crippen LogP contribution in [0.4, 0.5) is 0 Å². The van der Waals surface area contributed by atoms with Crippen LogP contribution in [-0.2, 0) is 27.2 Å². The lowest BCUT2D eigenvalue weighted by molar-refractivity contribution is -0.178. The first-order chi connectivity index (χ1) is 19.1. The highest BCUT2D eigenvalue weighted by molar-refractivity contribution is 6.24. The quantitative estimate of drug-likeness (QED) is 0.245. The number of Topliss-reactive ketones (excluding diaryl/α,β-unsaturated/α-hetero) is 4. The summed E-state index contributed by atoms with van der Waals surface area (Å²) in [5.41, 5.74) is -4.94. The largest absolute Gasteiger partial charge is 0.508 e. The lowest BCUT2D eigenvalue weighted by Crippen LogP contribution is -2.69. The molecule has 0 spiro atoms. The van der Waals surface area contributed by atoms with Crippen molar-refractivity contribution in [2.24, 2.45) is 28.1 Å². The van der Waals surface area contributed by atoms with Gasteiger partial charge in [-0.15, -0.1) is 0 Å². The Kier molecular flexibility index (Phi) is 7.46. The van der Waals surface area contributed by atoms with E-state index in [1.165, 1.54) is 6.92 Å². The van der Waals surface area contributed by atoms with E-state index in [9.17, 15) is 39.6 Å². The molecule has 0 bridgehead atoms. The molecule has 1 saturated carbocycles. The molecular weight excluding hydrogens is 536 g/mol. The van der Waals surface area contributed by atoms with Gasteiger partial charge in [0.2, 0.25) is 5.78 Å². The Hall–Kier alpha value is -3.26. The van der Waals surface area contributed by atoms with E-state index in [2.05, 4.69) is 20.8 Å². The molecule has 3 aliphatic carbocycles. The fourth-order valence-corrected chi connectivity index (χ4v) is 8.16. The van der Waals surface area contributed by atoms with Gasteiger partial charge < -0.3 is 20.4 Å². The highest BCUT2D eigenvalue weighted by Crippen LogP contribution is 2.65. The van der Waals surface area contributed by atoms with Gasteiger partial charge in [0.05, 0.1) is 5.56 Å². The Labute approximate surface area is 247 Å². The van der Waals surface area contributed by atoms with Crippen LogP contribution in [0.2, 0.25) is 0 Å². The van der Waals surface area contributed by atoms with Gasteiger partial charge in [0.1, 0.15) is 22.8 Å². The maximum atomic E-state index is 14.5. The lowest BCUT2D eigenvalue weighted by atomic mass is 9.43. The molecule has 0 amide bonds. The Balaban J connectivity index is 2.01. The molecule has 228 valence electrons. The van der Waals surface area contributed by atoms with Crippen molar-refractivity contribution in [3.05, 3.63) is 45.2 Å². The third-order valence-corrected chi connectivity index (χ3v) is 9.84. The number of allylic oxidation sites excluding steroid dienone is 1. The highest BCUT2D eigenvalue weighted by atomic mass is 16.3. The molecular formula is C34H44O8. The SMILES string of the molecule is CC(=O)C1=C(O)[C@]2(O)C(=O)C3=C(O)c4c(O)c(CCCC(C)(C)C)cc(C(C)=O)c4C[C@]3(C)C[C@]2(C)C(C(C)C)C1=O. The van der Waals surface area contributed by atoms with Crippen molar-refractivity contribution in [2.75, 3.05) is 0 Å². The number of hydrogen-bond acceptors (Lipinski definition) is 8. The van der Waals surface area contributed by atoms with E-state index in [-0.39, 0.29) is 40.9 Å². The third-order valence-electron chi connectivity index (χ3n) is 9.84. The van der Waals surface area contributed by atoms with E-state index in [0.717, 1.165) is 19.8 Å². The predicted molar refractivity (Wildman–Crippen MR) is 158 cm³/mol. The summed E-state index contributed by atoms with van der Waals surface area (Å²) in [5, 5.41) is 46.7. The molecule has 0 heterocycles. The van der Waals surface area contributed by atoms with Gasteiger partial charge in [0.25, 0.3) is 0 Å². The van der Waals surface area contributed by atoms with Crippen LogP contribution in [0.25, 0.3) is 5.76 Å². The van der Waals surface area contributed by atoms with Gasteiger partial charge in [0.15, 0.2) is 23.0 Å². The first-order valence-electron chi connectivity index (χ1n) is 14.7. The number of hydrogen-bond donors (Lipinski definition) is 4. The number of benzene rings is 1. The number of ketones is 4.